The van der Waals surface area contributed by atoms with Gasteiger partial charge in [-0.05, 0) is 13.3 Å². The van der Waals surface area contributed by atoms with Gasteiger partial charge in [0.2, 0.25) is 5.78 Å². The fraction of sp³-hybridized carbons (Fsp3) is 0.700. The smallest absolute Gasteiger partial charge is 0.382 e. The van der Waals surface area contributed by atoms with E-state index in [9.17, 15) is 14.4 Å². The minimum atomic E-state index is -1.03. The molecule has 0 aliphatic rings. The number of rotatable bonds is 7. The quantitative estimate of drug-likeness (QED) is 0.269. The monoisotopic (exact) mass is 200 g/mol. The number of carbonyl (C=O) groups is 3. The SMILES string of the molecule is CCCCCC(=O)C(=O)C(=O)OCC. The Hall–Kier alpha value is -1.19. The second-order valence-corrected chi connectivity index (χ2v) is 2.93. The van der Waals surface area contributed by atoms with E-state index in [0.29, 0.717) is 6.42 Å². The van der Waals surface area contributed by atoms with Crippen LogP contribution in [0.25, 0.3) is 0 Å². The third-order valence-corrected chi connectivity index (χ3v) is 1.72. The first kappa shape index (κ1) is 12.8. The number of esters is 1. The molecule has 0 atom stereocenters. The van der Waals surface area contributed by atoms with Gasteiger partial charge in [0.1, 0.15) is 0 Å². The van der Waals surface area contributed by atoms with Crippen molar-refractivity contribution in [3.8, 4) is 0 Å². The molecule has 0 heterocycles. The fourth-order valence-corrected chi connectivity index (χ4v) is 0.960. The van der Waals surface area contributed by atoms with Gasteiger partial charge in [-0.1, -0.05) is 19.8 Å². The number of hydrogen-bond donors (Lipinski definition) is 0. The van der Waals surface area contributed by atoms with E-state index in [0.717, 1.165) is 12.8 Å². The molecule has 0 amide bonds. The van der Waals surface area contributed by atoms with Crippen molar-refractivity contribution in [1.82, 2.24) is 0 Å². The molecule has 0 aromatic rings. The first-order valence-corrected chi connectivity index (χ1v) is 4.87. The summed E-state index contributed by atoms with van der Waals surface area (Å²) in [6.07, 6.45) is 2.66. The Bertz CT molecular complexity index is 220. The zero-order valence-electron chi connectivity index (χ0n) is 8.67. The highest BCUT2D eigenvalue weighted by Crippen LogP contribution is 2.00. The molecular weight excluding hydrogens is 184 g/mol. The molecule has 0 aliphatic heterocycles. The topological polar surface area (TPSA) is 60.4 Å². The zero-order valence-corrected chi connectivity index (χ0v) is 8.67. The summed E-state index contributed by atoms with van der Waals surface area (Å²) in [5, 5.41) is 0. The molecular formula is C10H16O4. The van der Waals surface area contributed by atoms with Crippen molar-refractivity contribution in [3.05, 3.63) is 0 Å². The Balaban J connectivity index is 3.87. The van der Waals surface area contributed by atoms with Crippen LogP contribution in [0.15, 0.2) is 0 Å². The molecule has 0 aromatic heterocycles. The van der Waals surface area contributed by atoms with Crippen LogP contribution in [0.3, 0.4) is 0 Å². The van der Waals surface area contributed by atoms with Gasteiger partial charge < -0.3 is 4.74 Å². The van der Waals surface area contributed by atoms with Gasteiger partial charge in [0, 0.05) is 6.42 Å². The average molecular weight is 200 g/mol. The van der Waals surface area contributed by atoms with Crippen LogP contribution >= 0.6 is 0 Å². The summed E-state index contributed by atoms with van der Waals surface area (Å²) in [7, 11) is 0. The molecule has 0 unspecified atom stereocenters. The molecule has 0 fully saturated rings. The number of ketones is 2. The maximum atomic E-state index is 11.1. The number of Topliss-reactive ketones (excluding diaryl/α,β-unsaturated/α-hetero) is 2. The van der Waals surface area contributed by atoms with E-state index >= 15 is 0 Å². The van der Waals surface area contributed by atoms with Crippen molar-refractivity contribution < 1.29 is 19.1 Å². The van der Waals surface area contributed by atoms with Gasteiger partial charge in [-0.15, -0.1) is 0 Å². The highest BCUT2D eigenvalue weighted by Gasteiger charge is 2.22. The summed E-state index contributed by atoms with van der Waals surface area (Å²) >= 11 is 0. The largest absolute Gasteiger partial charge is 0.460 e. The third kappa shape index (κ3) is 4.74. The predicted molar refractivity (Wildman–Crippen MR) is 50.8 cm³/mol. The van der Waals surface area contributed by atoms with Gasteiger partial charge in [-0.2, -0.15) is 0 Å². The Morgan fingerprint density at radius 2 is 1.71 bits per heavy atom. The molecule has 0 radical (unpaired) electrons. The van der Waals surface area contributed by atoms with Crippen LogP contribution in [0.4, 0.5) is 0 Å². The minimum Gasteiger partial charge on any atom is -0.460 e. The van der Waals surface area contributed by atoms with E-state index in [1.54, 1.807) is 6.92 Å². The van der Waals surface area contributed by atoms with Crippen LogP contribution < -0.4 is 0 Å². The van der Waals surface area contributed by atoms with Crippen molar-refractivity contribution in [1.29, 1.82) is 0 Å². The second-order valence-electron chi connectivity index (χ2n) is 2.93. The zero-order chi connectivity index (χ0) is 11.0. The van der Waals surface area contributed by atoms with E-state index in [-0.39, 0.29) is 13.0 Å². The minimum absolute atomic E-state index is 0.118. The second kappa shape index (κ2) is 7.24. The first-order valence-electron chi connectivity index (χ1n) is 4.87. The van der Waals surface area contributed by atoms with Crippen molar-refractivity contribution in [2.45, 2.75) is 39.5 Å². The molecule has 0 saturated heterocycles. The molecule has 0 bridgehead atoms. The standard InChI is InChI=1S/C10H16O4/c1-3-5-6-7-8(11)9(12)10(13)14-4-2/h3-7H2,1-2H3. The van der Waals surface area contributed by atoms with Gasteiger partial charge in [-0.3, -0.25) is 9.59 Å². The van der Waals surface area contributed by atoms with E-state index in [1.165, 1.54) is 0 Å². The molecule has 4 heteroatoms. The Kier molecular flexibility index (Phi) is 6.62. The number of hydrogen-bond acceptors (Lipinski definition) is 4. The molecule has 4 nitrogen and oxygen atoms in total. The lowest BCUT2D eigenvalue weighted by Crippen LogP contribution is -2.25. The number of ether oxygens (including phenoxy) is 1. The summed E-state index contributed by atoms with van der Waals surface area (Å²) in [5.41, 5.74) is 0. The molecule has 0 spiro atoms. The molecule has 0 rings (SSSR count). The molecule has 14 heavy (non-hydrogen) atoms. The summed E-state index contributed by atoms with van der Waals surface area (Å²) in [4.78, 5) is 32.9. The lowest BCUT2D eigenvalue weighted by atomic mass is 10.1. The van der Waals surface area contributed by atoms with Crippen molar-refractivity contribution >= 4 is 17.5 Å². The van der Waals surface area contributed by atoms with Gasteiger partial charge in [0.05, 0.1) is 6.61 Å². The van der Waals surface area contributed by atoms with Crippen LogP contribution in [0, 0.1) is 0 Å². The maximum Gasteiger partial charge on any atom is 0.382 e. The van der Waals surface area contributed by atoms with E-state index in [1.807, 2.05) is 6.92 Å². The highest BCUT2D eigenvalue weighted by molar-refractivity contribution is 6.62. The average Bonchev–Trinajstić information content (AvgIpc) is 2.17. The summed E-state index contributed by atoms with van der Waals surface area (Å²) < 4.78 is 4.42. The summed E-state index contributed by atoms with van der Waals surface area (Å²) in [6.45, 7) is 3.71. The van der Waals surface area contributed by atoms with Crippen LogP contribution in [0.2, 0.25) is 0 Å². The van der Waals surface area contributed by atoms with Gasteiger partial charge in [0.25, 0.3) is 0 Å². The number of unbranched alkanes of at least 4 members (excludes halogenated alkanes) is 2. The maximum absolute atomic E-state index is 11.1. The van der Waals surface area contributed by atoms with Crippen molar-refractivity contribution in [2.24, 2.45) is 0 Å². The summed E-state index contributed by atoms with van der Waals surface area (Å²) in [6, 6.07) is 0. The highest BCUT2D eigenvalue weighted by atomic mass is 16.5. The molecule has 0 aromatic carbocycles. The normalized spacial score (nSPS) is 9.57. The Morgan fingerprint density at radius 1 is 1.07 bits per heavy atom. The van der Waals surface area contributed by atoms with Gasteiger partial charge >= 0.3 is 11.8 Å². The van der Waals surface area contributed by atoms with Crippen molar-refractivity contribution in [2.75, 3.05) is 6.61 Å². The van der Waals surface area contributed by atoms with Crippen LogP contribution in [-0.2, 0) is 19.1 Å². The lowest BCUT2D eigenvalue weighted by Gasteiger charge is -1.99. The molecule has 0 aliphatic carbocycles. The van der Waals surface area contributed by atoms with Crippen molar-refractivity contribution in [3.63, 3.8) is 0 Å². The molecule has 0 saturated carbocycles. The van der Waals surface area contributed by atoms with Gasteiger partial charge in [0.15, 0.2) is 0 Å². The number of carbonyl (C=O) groups excluding carboxylic acids is 3. The predicted octanol–water partition coefficient (Wildman–Crippen LogP) is 1.27. The van der Waals surface area contributed by atoms with Crippen LogP contribution in [-0.4, -0.2) is 24.1 Å². The van der Waals surface area contributed by atoms with Gasteiger partial charge in [-0.25, -0.2) is 4.79 Å². The third-order valence-electron chi connectivity index (χ3n) is 1.72. The Labute approximate surface area is 83.6 Å². The fourth-order valence-electron chi connectivity index (χ4n) is 0.960. The van der Waals surface area contributed by atoms with Crippen LogP contribution in [0.5, 0.6) is 0 Å². The molecule has 0 N–H and O–H groups in total. The van der Waals surface area contributed by atoms with Crippen LogP contribution in [0.1, 0.15) is 39.5 Å². The Morgan fingerprint density at radius 3 is 2.21 bits per heavy atom. The van der Waals surface area contributed by atoms with E-state index < -0.39 is 17.5 Å². The first-order chi connectivity index (χ1) is 6.63. The lowest BCUT2D eigenvalue weighted by molar-refractivity contribution is -0.156. The molecule has 80 valence electrons. The van der Waals surface area contributed by atoms with E-state index in [2.05, 4.69) is 4.74 Å². The van der Waals surface area contributed by atoms with E-state index in [4.69, 9.17) is 0 Å². The summed E-state index contributed by atoms with van der Waals surface area (Å²) in [5.74, 6) is -2.70.